The third kappa shape index (κ3) is 6.43. The summed E-state index contributed by atoms with van der Waals surface area (Å²) in [6.07, 6.45) is 7.00. The molecule has 0 radical (unpaired) electrons. The first-order valence-electron chi connectivity index (χ1n) is 13.1. The van der Waals surface area contributed by atoms with Crippen molar-refractivity contribution >= 4 is 0 Å². The van der Waals surface area contributed by atoms with Crippen LogP contribution in [0.15, 0.2) is 54.6 Å². The Balaban J connectivity index is 1.36. The molecule has 1 saturated carbocycles. The molecule has 0 atom stereocenters. The van der Waals surface area contributed by atoms with Gasteiger partial charge < -0.3 is 9.47 Å². The molecule has 1 fully saturated rings. The van der Waals surface area contributed by atoms with Crippen molar-refractivity contribution in [3.63, 3.8) is 0 Å². The second-order valence-electron chi connectivity index (χ2n) is 9.92. The Morgan fingerprint density at radius 2 is 1.56 bits per heavy atom. The number of hydrogen-bond acceptors (Lipinski definition) is 2. The number of benzene rings is 3. The van der Waals surface area contributed by atoms with E-state index < -0.39 is 11.6 Å². The fraction of sp³-hybridized carbons (Fsp3) is 0.419. The van der Waals surface area contributed by atoms with Crippen molar-refractivity contribution in [2.75, 3.05) is 6.61 Å². The first kappa shape index (κ1) is 26.1. The van der Waals surface area contributed by atoms with Crippen LogP contribution in [-0.2, 0) is 6.61 Å². The van der Waals surface area contributed by atoms with Gasteiger partial charge in [-0.25, -0.2) is 8.78 Å². The number of rotatable bonds is 10. The molecule has 0 amide bonds. The molecule has 192 valence electrons. The lowest BCUT2D eigenvalue weighted by molar-refractivity contribution is 0.282. The van der Waals surface area contributed by atoms with Crippen LogP contribution >= 0.6 is 0 Å². The fourth-order valence-corrected chi connectivity index (χ4v) is 4.85. The molecular formula is C31H35F3O2. The van der Waals surface area contributed by atoms with E-state index in [1.165, 1.54) is 12.1 Å². The maximum atomic E-state index is 14.8. The molecular weight excluding hydrogens is 461 g/mol. The van der Waals surface area contributed by atoms with Crippen LogP contribution in [0.25, 0.3) is 11.1 Å². The lowest BCUT2D eigenvalue weighted by atomic mass is 9.79. The first-order valence-corrected chi connectivity index (χ1v) is 13.1. The molecule has 36 heavy (non-hydrogen) atoms. The SMILES string of the molecule is CCCCCOc1ccc(-c2ccc(COc3ccc(C4CCC(C)CC4)c(F)c3F)cc2)c(F)c1. The summed E-state index contributed by atoms with van der Waals surface area (Å²) in [7, 11) is 0. The van der Waals surface area contributed by atoms with Crippen LogP contribution < -0.4 is 9.47 Å². The molecule has 3 aromatic rings. The van der Waals surface area contributed by atoms with Gasteiger partial charge in [0.15, 0.2) is 11.6 Å². The van der Waals surface area contributed by atoms with E-state index in [0.717, 1.165) is 56.1 Å². The van der Waals surface area contributed by atoms with Gasteiger partial charge in [-0.3, -0.25) is 0 Å². The van der Waals surface area contributed by atoms with Gasteiger partial charge in [0.1, 0.15) is 18.2 Å². The van der Waals surface area contributed by atoms with Crippen molar-refractivity contribution in [2.45, 2.75) is 71.3 Å². The number of ether oxygens (including phenoxy) is 2. The fourth-order valence-electron chi connectivity index (χ4n) is 4.85. The summed E-state index contributed by atoms with van der Waals surface area (Å²) in [4.78, 5) is 0. The topological polar surface area (TPSA) is 18.5 Å². The van der Waals surface area contributed by atoms with Crippen molar-refractivity contribution in [1.82, 2.24) is 0 Å². The van der Waals surface area contributed by atoms with Gasteiger partial charge in [0.25, 0.3) is 0 Å². The average Bonchev–Trinajstić information content (AvgIpc) is 2.89. The zero-order chi connectivity index (χ0) is 25.5. The molecule has 5 heteroatoms. The lowest BCUT2D eigenvalue weighted by Gasteiger charge is -2.27. The minimum Gasteiger partial charge on any atom is -0.493 e. The number of hydrogen-bond donors (Lipinski definition) is 0. The Kier molecular flexibility index (Phi) is 8.95. The maximum Gasteiger partial charge on any atom is 0.200 e. The molecule has 1 aliphatic rings. The van der Waals surface area contributed by atoms with Gasteiger partial charge in [-0.1, -0.05) is 69.9 Å². The molecule has 1 aliphatic carbocycles. The van der Waals surface area contributed by atoms with Gasteiger partial charge in [-0.15, -0.1) is 0 Å². The Hall–Kier alpha value is -2.95. The van der Waals surface area contributed by atoms with Gasteiger partial charge in [-0.05, 0) is 66.0 Å². The van der Waals surface area contributed by atoms with Crippen molar-refractivity contribution in [3.8, 4) is 22.6 Å². The minimum absolute atomic E-state index is 0.0689. The monoisotopic (exact) mass is 496 g/mol. The Bertz CT molecular complexity index is 1140. The summed E-state index contributed by atoms with van der Waals surface area (Å²) in [6, 6.07) is 15.3. The van der Waals surface area contributed by atoms with E-state index in [9.17, 15) is 13.2 Å². The van der Waals surface area contributed by atoms with E-state index in [1.54, 1.807) is 42.5 Å². The molecule has 0 bridgehead atoms. The van der Waals surface area contributed by atoms with Crippen LogP contribution in [0.3, 0.4) is 0 Å². The highest BCUT2D eigenvalue weighted by Gasteiger charge is 2.25. The van der Waals surface area contributed by atoms with Crippen molar-refractivity contribution < 1.29 is 22.6 Å². The highest BCUT2D eigenvalue weighted by atomic mass is 19.2. The predicted molar refractivity (Wildman–Crippen MR) is 138 cm³/mol. The van der Waals surface area contributed by atoms with Crippen molar-refractivity contribution in [3.05, 3.63) is 83.2 Å². The Morgan fingerprint density at radius 1 is 0.806 bits per heavy atom. The number of unbranched alkanes of at least 4 members (excludes halogenated alkanes) is 2. The quantitative estimate of drug-likeness (QED) is 0.261. The van der Waals surface area contributed by atoms with Crippen LogP contribution in [0.4, 0.5) is 13.2 Å². The van der Waals surface area contributed by atoms with E-state index in [4.69, 9.17) is 9.47 Å². The third-order valence-corrected chi connectivity index (χ3v) is 7.15. The van der Waals surface area contributed by atoms with E-state index in [1.807, 2.05) is 0 Å². The Labute approximate surface area is 212 Å². The normalized spacial score (nSPS) is 17.7. The molecule has 0 unspecified atom stereocenters. The summed E-state index contributed by atoms with van der Waals surface area (Å²) in [5.74, 6) is -0.928. The molecule has 0 N–H and O–H groups in total. The first-order chi connectivity index (χ1) is 17.5. The highest BCUT2D eigenvalue weighted by Crippen LogP contribution is 2.38. The molecule has 0 heterocycles. The second-order valence-corrected chi connectivity index (χ2v) is 9.92. The molecule has 0 aliphatic heterocycles. The summed E-state index contributed by atoms with van der Waals surface area (Å²) < 4.78 is 55.4. The summed E-state index contributed by atoms with van der Waals surface area (Å²) in [5.41, 5.74) is 2.43. The van der Waals surface area contributed by atoms with Crippen LogP contribution in [0.2, 0.25) is 0 Å². The summed E-state index contributed by atoms with van der Waals surface area (Å²) in [6.45, 7) is 4.99. The molecule has 3 aromatic carbocycles. The zero-order valence-electron chi connectivity index (χ0n) is 21.2. The second kappa shape index (κ2) is 12.3. The maximum absolute atomic E-state index is 14.8. The van der Waals surface area contributed by atoms with E-state index in [0.29, 0.717) is 29.4 Å². The molecule has 0 saturated heterocycles. The molecule has 0 aromatic heterocycles. The van der Waals surface area contributed by atoms with Crippen LogP contribution in [-0.4, -0.2) is 6.61 Å². The van der Waals surface area contributed by atoms with Gasteiger partial charge in [0.2, 0.25) is 5.82 Å². The summed E-state index contributed by atoms with van der Waals surface area (Å²) >= 11 is 0. The van der Waals surface area contributed by atoms with Gasteiger partial charge in [0, 0.05) is 11.6 Å². The minimum atomic E-state index is -0.929. The largest absolute Gasteiger partial charge is 0.493 e. The van der Waals surface area contributed by atoms with Crippen molar-refractivity contribution in [1.29, 1.82) is 0 Å². The smallest absolute Gasteiger partial charge is 0.200 e. The zero-order valence-corrected chi connectivity index (χ0v) is 21.2. The number of halogens is 3. The predicted octanol–water partition coefficient (Wildman–Crippen LogP) is 9.21. The molecule has 4 rings (SSSR count). The molecule has 0 spiro atoms. The Morgan fingerprint density at radius 3 is 2.25 bits per heavy atom. The third-order valence-electron chi connectivity index (χ3n) is 7.15. The standard InChI is InChI=1S/C31H35F3O2/c1-3-4-5-18-35-25-14-15-26(28(32)19-25)23-12-8-22(9-13-23)20-36-29-17-16-27(30(33)31(29)34)24-10-6-21(2)7-11-24/h8-9,12-17,19,21,24H,3-7,10-11,18,20H2,1-2H3. The van der Waals surface area contributed by atoms with Crippen LogP contribution in [0.5, 0.6) is 11.5 Å². The molecule has 2 nitrogen and oxygen atoms in total. The van der Waals surface area contributed by atoms with Gasteiger partial charge in [-0.2, -0.15) is 4.39 Å². The van der Waals surface area contributed by atoms with Crippen molar-refractivity contribution in [2.24, 2.45) is 5.92 Å². The summed E-state index contributed by atoms with van der Waals surface area (Å²) in [5, 5.41) is 0. The van der Waals surface area contributed by atoms with Crippen LogP contribution in [0.1, 0.15) is 75.8 Å². The van der Waals surface area contributed by atoms with Gasteiger partial charge >= 0.3 is 0 Å². The van der Waals surface area contributed by atoms with E-state index >= 15 is 0 Å². The van der Waals surface area contributed by atoms with E-state index in [2.05, 4.69) is 13.8 Å². The van der Waals surface area contributed by atoms with Gasteiger partial charge in [0.05, 0.1) is 6.61 Å². The average molecular weight is 497 g/mol. The van der Waals surface area contributed by atoms with E-state index in [-0.39, 0.29) is 24.1 Å². The highest BCUT2D eigenvalue weighted by molar-refractivity contribution is 5.65. The lowest BCUT2D eigenvalue weighted by Crippen LogP contribution is -2.13. The van der Waals surface area contributed by atoms with Crippen LogP contribution in [0, 0.1) is 23.4 Å².